The van der Waals surface area contributed by atoms with Crippen LogP contribution in [0.1, 0.15) is 56.2 Å². The minimum atomic E-state index is 0.208. The average molecular weight is 326 g/mol. The van der Waals surface area contributed by atoms with Gasteiger partial charge in [0.05, 0.1) is 7.11 Å². The lowest BCUT2D eigenvalue weighted by atomic mass is 9.93. The number of ether oxygens (including phenoxy) is 1. The molecule has 1 unspecified atom stereocenters. The molecule has 0 bridgehead atoms. The van der Waals surface area contributed by atoms with Crippen LogP contribution in [0.5, 0.6) is 11.5 Å². The van der Waals surface area contributed by atoms with Gasteiger partial charge >= 0.3 is 0 Å². The zero-order valence-electron chi connectivity index (χ0n) is 15.4. The molecule has 0 spiro atoms. The smallest absolute Gasteiger partial charge is 0.160 e. The van der Waals surface area contributed by atoms with E-state index < -0.39 is 0 Å². The first-order chi connectivity index (χ1) is 11.5. The monoisotopic (exact) mass is 326 g/mol. The summed E-state index contributed by atoms with van der Waals surface area (Å²) < 4.78 is 5.17. The van der Waals surface area contributed by atoms with E-state index in [2.05, 4.69) is 45.0 Å². The normalized spacial score (nSPS) is 12.4. The van der Waals surface area contributed by atoms with E-state index in [1.807, 2.05) is 12.1 Å². The lowest BCUT2D eigenvalue weighted by Crippen LogP contribution is -2.00. The maximum atomic E-state index is 9.65. The Morgan fingerprint density at radius 3 is 2.04 bits per heavy atom. The third-order valence-corrected chi connectivity index (χ3v) is 4.74. The van der Waals surface area contributed by atoms with Gasteiger partial charge in [0.1, 0.15) is 0 Å². The summed E-state index contributed by atoms with van der Waals surface area (Å²) >= 11 is 0. The molecule has 0 heterocycles. The molecule has 0 aliphatic rings. The fraction of sp³-hybridized carbons (Fsp3) is 0.455. The molecular weight excluding hydrogens is 296 g/mol. The average Bonchev–Trinajstić information content (AvgIpc) is 2.59. The largest absolute Gasteiger partial charge is 0.504 e. The van der Waals surface area contributed by atoms with Gasteiger partial charge in [-0.1, -0.05) is 51.1 Å². The van der Waals surface area contributed by atoms with Crippen molar-refractivity contribution in [2.45, 2.75) is 52.4 Å². The minimum absolute atomic E-state index is 0.208. The van der Waals surface area contributed by atoms with E-state index in [-0.39, 0.29) is 5.75 Å². The van der Waals surface area contributed by atoms with E-state index in [0.29, 0.717) is 17.6 Å². The highest BCUT2D eigenvalue weighted by Gasteiger charge is 2.07. The number of phenolic OH excluding ortho intramolecular Hbond substituents is 1. The Labute approximate surface area is 146 Å². The summed E-state index contributed by atoms with van der Waals surface area (Å²) in [7, 11) is 1.59. The summed E-state index contributed by atoms with van der Waals surface area (Å²) in [4.78, 5) is 0. The standard InChI is InChI=1S/C22H30O2/c1-16(2)20-12-9-18(10-13-20)7-5-17(3)6-8-19-11-14-21(23)22(15-19)24-4/h9-17,23H,5-8H2,1-4H3. The fourth-order valence-electron chi connectivity index (χ4n) is 2.92. The molecule has 0 saturated heterocycles. The lowest BCUT2D eigenvalue weighted by Gasteiger charge is -2.13. The first-order valence-corrected chi connectivity index (χ1v) is 8.94. The number of rotatable bonds is 8. The van der Waals surface area contributed by atoms with Crippen molar-refractivity contribution in [3.63, 3.8) is 0 Å². The van der Waals surface area contributed by atoms with Crippen LogP contribution in [0.15, 0.2) is 42.5 Å². The van der Waals surface area contributed by atoms with Crippen LogP contribution in [0.3, 0.4) is 0 Å². The van der Waals surface area contributed by atoms with Gasteiger partial charge in [0.25, 0.3) is 0 Å². The van der Waals surface area contributed by atoms with Gasteiger partial charge in [-0.15, -0.1) is 0 Å². The van der Waals surface area contributed by atoms with Crippen LogP contribution in [0.4, 0.5) is 0 Å². The summed E-state index contributed by atoms with van der Waals surface area (Å²) in [6, 6.07) is 14.7. The van der Waals surface area contributed by atoms with Crippen molar-refractivity contribution in [1.29, 1.82) is 0 Å². The first kappa shape index (κ1) is 18.4. The molecule has 2 aromatic carbocycles. The van der Waals surface area contributed by atoms with Crippen molar-refractivity contribution in [2.24, 2.45) is 5.92 Å². The van der Waals surface area contributed by atoms with Crippen molar-refractivity contribution in [3.8, 4) is 11.5 Å². The Morgan fingerprint density at radius 1 is 0.875 bits per heavy atom. The molecule has 1 N–H and O–H groups in total. The van der Waals surface area contributed by atoms with E-state index in [1.165, 1.54) is 23.1 Å². The third kappa shape index (κ3) is 5.30. The van der Waals surface area contributed by atoms with Gasteiger partial charge in [0.15, 0.2) is 11.5 Å². The van der Waals surface area contributed by atoms with Gasteiger partial charge in [-0.3, -0.25) is 0 Å². The molecule has 2 rings (SSSR count). The summed E-state index contributed by atoms with van der Waals surface area (Å²) in [5.41, 5.74) is 4.06. The van der Waals surface area contributed by atoms with Gasteiger partial charge in [0, 0.05) is 0 Å². The second kappa shape index (κ2) is 8.77. The maximum Gasteiger partial charge on any atom is 0.160 e. The van der Waals surface area contributed by atoms with Gasteiger partial charge in [-0.05, 0) is 66.3 Å². The molecule has 2 nitrogen and oxygen atoms in total. The Kier molecular flexibility index (Phi) is 6.72. The summed E-state index contributed by atoms with van der Waals surface area (Å²) in [6.07, 6.45) is 4.51. The summed E-state index contributed by atoms with van der Waals surface area (Å²) in [6.45, 7) is 6.78. The van der Waals surface area contributed by atoms with E-state index in [1.54, 1.807) is 13.2 Å². The van der Waals surface area contributed by atoms with Crippen LogP contribution in [0.2, 0.25) is 0 Å². The van der Waals surface area contributed by atoms with Crippen molar-refractivity contribution < 1.29 is 9.84 Å². The fourth-order valence-corrected chi connectivity index (χ4v) is 2.92. The Morgan fingerprint density at radius 2 is 1.46 bits per heavy atom. The van der Waals surface area contributed by atoms with Crippen LogP contribution in [0, 0.1) is 5.92 Å². The lowest BCUT2D eigenvalue weighted by molar-refractivity contribution is 0.372. The highest BCUT2D eigenvalue weighted by atomic mass is 16.5. The molecule has 0 fully saturated rings. The van der Waals surface area contributed by atoms with Gasteiger partial charge in [0.2, 0.25) is 0 Å². The third-order valence-electron chi connectivity index (χ3n) is 4.74. The Hall–Kier alpha value is -1.96. The molecule has 0 aliphatic carbocycles. The number of benzene rings is 2. The summed E-state index contributed by atoms with van der Waals surface area (Å²) in [5.74, 6) is 2.04. The summed E-state index contributed by atoms with van der Waals surface area (Å²) in [5, 5.41) is 9.65. The maximum absolute atomic E-state index is 9.65. The van der Waals surface area contributed by atoms with E-state index in [4.69, 9.17) is 4.74 Å². The van der Waals surface area contributed by atoms with E-state index in [0.717, 1.165) is 19.3 Å². The molecular formula is C22H30O2. The van der Waals surface area contributed by atoms with Crippen LogP contribution in [0.25, 0.3) is 0 Å². The zero-order chi connectivity index (χ0) is 17.5. The Balaban J connectivity index is 1.80. The molecule has 0 radical (unpaired) electrons. The highest BCUT2D eigenvalue weighted by Crippen LogP contribution is 2.27. The number of phenols is 1. The molecule has 1 atom stereocenters. The molecule has 2 heteroatoms. The second-order valence-corrected chi connectivity index (χ2v) is 7.09. The number of hydrogen-bond acceptors (Lipinski definition) is 2. The van der Waals surface area contributed by atoms with Crippen LogP contribution < -0.4 is 4.74 Å². The number of aryl methyl sites for hydroxylation is 2. The van der Waals surface area contributed by atoms with Crippen molar-refractivity contribution in [3.05, 3.63) is 59.2 Å². The molecule has 24 heavy (non-hydrogen) atoms. The Bertz CT molecular complexity index is 629. The van der Waals surface area contributed by atoms with Crippen molar-refractivity contribution in [1.82, 2.24) is 0 Å². The van der Waals surface area contributed by atoms with E-state index >= 15 is 0 Å². The number of aromatic hydroxyl groups is 1. The molecule has 0 aromatic heterocycles. The van der Waals surface area contributed by atoms with Crippen LogP contribution in [-0.4, -0.2) is 12.2 Å². The van der Waals surface area contributed by atoms with Crippen LogP contribution >= 0.6 is 0 Å². The SMILES string of the molecule is COc1cc(CCC(C)CCc2ccc(C(C)C)cc2)ccc1O. The number of methoxy groups -OCH3 is 1. The zero-order valence-corrected chi connectivity index (χ0v) is 15.4. The topological polar surface area (TPSA) is 29.5 Å². The predicted octanol–water partition coefficient (Wildman–Crippen LogP) is 5.73. The van der Waals surface area contributed by atoms with Gasteiger partial charge < -0.3 is 9.84 Å². The molecule has 0 saturated carbocycles. The second-order valence-electron chi connectivity index (χ2n) is 7.09. The molecule has 0 aliphatic heterocycles. The van der Waals surface area contributed by atoms with Crippen molar-refractivity contribution >= 4 is 0 Å². The minimum Gasteiger partial charge on any atom is -0.504 e. The first-order valence-electron chi connectivity index (χ1n) is 8.94. The highest BCUT2D eigenvalue weighted by molar-refractivity contribution is 5.41. The van der Waals surface area contributed by atoms with Crippen LogP contribution in [-0.2, 0) is 12.8 Å². The van der Waals surface area contributed by atoms with E-state index in [9.17, 15) is 5.11 Å². The predicted molar refractivity (Wildman–Crippen MR) is 101 cm³/mol. The molecule has 2 aromatic rings. The van der Waals surface area contributed by atoms with Gasteiger partial charge in [-0.25, -0.2) is 0 Å². The number of hydrogen-bond donors (Lipinski definition) is 1. The van der Waals surface area contributed by atoms with Crippen molar-refractivity contribution in [2.75, 3.05) is 7.11 Å². The molecule has 0 amide bonds. The molecule has 130 valence electrons. The van der Waals surface area contributed by atoms with Gasteiger partial charge in [-0.2, -0.15) is 0 Å². The quantitative estimate of drug-likeness (QED) is 0.671.